The smallest absolute Gasteiger partial charge is 0.353 e. The molecule has 1 heterocycles. The van der Waals surface area contributed by atoms with Crippen molar-refractivity contribution in [1.29, 1.82) is 0 Å². The van der Waals surface area contributed by atoms with Gasteiger partial charge in [0, 0.05) is 11.6 Å². The van der Waals surface area contributed by atoms with E-state index in [1.54, 1.807) is 0 Å². The first-order chi connectivity index (χ1) is 13.1. The summed E-state index contributed by atoms with van der Waals surface area (Å²) < 4.78 is 44.5. The third-order valence-electron chi connectivity index (χ3n) is 5.31. The molecule has 0 radical (unpaired) electrons. The summed E-state index contributed by atoms with van der Waals surface area (Å²) in [7, 11) is 0. The van der Waals surface area contributed by atoms with Gasteiger partial charge in [0.05, 0.1) is 12.2 Å². The molecule has 1 aliphatic carbocycles. The van der Waals surface area contributed by atoms with Crippen LogP contribution in [0, 0.1) is 0 Å². The highest BCUT2D eigenvalue weighted by molar-refractivity contribution is 5.98. The lowest BCUT2D eigenvalue weighted by molar-refractivity contribution is -0.137. The summed E-state index contributed by atoms with van der Waals surface area (Å²) in [5.74, 6) is -0.783. The molecule has 154 valence electrons. The SMILES string of the molecule is CC(C)NC(=O)[C@H]1COC2(CCCCC2)N1C(=O)c1ccc(C(F)(F)F)cc1. The second-order valence-corrected chi connectivity index (χ2v) is 7.75. The molecule has 0 bridgehead atoms. The van der Waals surface area contributed by atoms with Gasteiger partial charge in [-0.3, -0.25) is 14.5 Å². The average molecular weight is 398 g/mol. The summed E-state index contributed by atoms with van der Waals surface area (Å²) in [4.78, 5) is 27.4. The largest absolute Gasteiger partial charge is 0.416 e. The lowest BCUT2D eigenvalue weighted by Crippen LogP contribution is -2.57. The summed E-state index contributed by atoms with van der Waals surface area (Å²) in [5.41, 5.74) is -1.56. The third-order valence-corrected chi connectivity index (χ3v) is 5.31. The Bertz CT molecular complexity index is 725. The van der Waals surface area contributed by atoms with Crippen molar-refractivity contribution in [3.05, 3.63) is 35.4 Å². The van der Waals surface area contributed by atoms with Crippen LogP contribution < -0.4 is 5.32 Å². The molecule has 1 spiro atoms. The number of alkyl halides is 3. The number of halogens is 3. The predicted molar refractivity (Wildman–Crippen MR) is 96.4 cm³/mol. The quantitative estimate of drug-likeness (QED) is 0.844. The number of nitrogens with zero attached hydrogens (tertiary/aromatic N) is 1. The maximum absolute atomic E-state index is 13.3. The van der Waals surface area contributed by atoms with Crippen molar-refractivity contribution in [3.63, 3.8) is 0 Å². The highest BCUT2D eigenvalue weighted by Gasteiger charge is 2.53. The van der Waals surface area contributed by atoms with Crippen LogP contribution in [-0.2, 0) is 15.7 Å². The summed E-state index contributed by atoms with van der Waals surface area (Å²) in [6.45, 7) is 3.74. The van der Waals surface area contributed by atoms with Crippen molar-refractivity contribution < 1.29 is 27.5 Å². The van der Waals surface area contributed by atoms with Crippen LogP contribution in [0.1, 0.15) is 61.9 Å². The van der Waals surface area contributed by atoms with Crippen LogP contribution in [0.2, 0.25) is 0 Å². The van der Waals surface area contributed by atoms with Gasteiger partial charge in [-0.1, -0.05) is 6.42 Å². The molecule has 0 aromatic heterocycles. The van der Waals surface area contributed by atoms with Crippen molar-refractivity contribution in [2.24, 2.45) is 0 Å². The van der Waals surface area contributed by atoms with E-state index in [9.17, 15) is 22.8 Å². The Balaban J connectivity index is 1.92. The van der Waals surface area contributed by atoms with Crippen LogP contribution in [0.3, 0.4) is 0 Å². The van der Waals surface area contributed by atoms with Crippen LogP contribution in [0.25, 0.3) is 0 Å². The first-order valence-corrected chi connectivity index (χ1v) is 9.59. The molecule has 1 aromatic rings. The van der Waals surface area contributed by atoms with Gasteiger partial charge in [-0.25, -0.2) is 0 Å². The van der Waals surface area contributed by atoms with E-state index in [-0.39, 0.29) is 24.1 Å². The predicted octanol–water partition coefficient (Wildman–Crippen LogP) is 3.73. The Morgan fingerprint density at radius 2 is 1.75 bits per heavy atom. The molecule has 3 rings (SSSR count). The van der Waals surface area contributed by atoms with E-state index in [0.29, 0.717) is 12.8 Å². The van der Waals surface area contributed by atoms with E-state index in [0.717, 1.165) is 43.5 Å². The molecule has 28 heavy (non-hydrogen) atoms. The number of hydrogen-bond acceptors (Lipinski definition) is 3. The normalized spacial score (nSPS) is 21.9. The minimum atomic E-state index is -4.47. The van der Waals surface area contributed by atoms with E-state index in [1.165, 1.54) is 4.90 Å². The van der Waals surface area contributed by atoms with Crippen LogP contribution in [0.5, 0.6) is 0 Å². The zero-order valence-electron chi connectivity index (χ0n) is 16.0. The number of carbonyl (C=O) groups is 2. The Morgan fingerprint density at radius 1 is 1.14 bits per heavy atom. The summed E-state index contributed by atoms with van der Waals surface area (Å²) in [5, 5.41) is 2.81. The number of hydrogen-bond donors (Lipinski definition) is 1. The molecule has 1 aromatic carbocycles. The van der Waals surface area contributed by atoms with Gasteiger partial charge in [-0.15, -0.1) is 0 Å². The number of benzene rings is 1. The van der Waals surface area contributed by atoms with Gasteiger partial charge in [0.25, 0.3) is 5.91 Å². The zero-order valence-corrected chi connectivity index (χ0v) is 16.0. The fourth-order valence-corrected chi connectivity index (χ4v) is 3.99. The third kappa shape index (κ3) is 4.01. The van der Waals surface area contributed by atoms with E-state index >= 15 is 0 Å². The van der Waals surface area contributed by atoms with Crippen LogP contribution >= 0.6 is 0 Å². The van der Waals surface area contributed by atoms with Gasteiger partial charge in [-0.05, 0) is 63.8 Å². The molecule has 1 aliphatic heterocycles. The van der Waals surface area contributed by atoms with Crippen molar-refractivity contribution in [1.82, 2.24) is 10.2 Å². The standard InChI is InChI=1S/C20H25F3N2O3/c1-13(2)24-17(26)16-12-28-19(10-4-3-5-11-19)25(16)18(27)14-6-8-15(9-7-14)20(21,22)23/h6-9,13,16H,3-5,10-12H2,1-2H3,(H,24,26)/t16-/m1/s1. The first kappa shape index (κ1) is 20.6. The molecule has 2 aliphatic rings. The average Bonchev–Trinajstić information content (AvgIpc) is 2.99. The van der Waals surface area contributed by atoms with E-state index in [1.807, 2.05) is 13.8 Å². The monoisotopic (exact) mass is 398 g/mol. The van der Waals surface area contributed by atoms with Crippen molar-refractivity contribution in [3.8, 4) is 0 Å². The zero-order chi connectivity index (χ0) is 20.5. The number of carbonyl (C=O) groups excluding carboxylic acids is 2. The molecule has 5 nitrogen and oxygen atoms in total. The highest BCUT2D eigenvalue weighted by Crippen LogP contribution is 2.41. The van der Waals surface area contributed by atoms with Gasteiger partial charge < -0.3 is 10.1 Å². The van der Waals surface area contributed by atoms with Crippen LogP contribution in [0.4, 0.5) is 13.2 Å². The fourth-order valence-electron chi connectivity index (χ4n) is 3.99. The second kappa shape index (κ2) is 7.73. The molecule has 1 saturated heterocycles. The number of nitrogens with one attached hydrogen (secondary N) is 1. The van der Waals surface area contributed by atoms with Gasteiger partial charge in [0.1, 0.15) is 11.8 Å². The Hall–Kier alpha value is -2.09. The van der Waals surface area contributed by atoms with Crippen molar-refractivity contribution >= 4 is 11.8 Å². The number of ether oxygens (including phenoxy) is 1. The highest BCUT2D eigenvalue weighted by atomic mass is 19.4. The lowest BCUT2D eigenvalue weighted by Gasteiger charge is -2.41. The molecule has 1 N–H and O–H groups in total. The molecular formula is C20H25F3N2O3. The van der Waals surface area contributed by atoms with Crippen LogP contribution in [-0.4, -0.2) is 41.1 Å². The lowest BCUT2D eigenvalue weighted by atomic mass is 9.89. The Labute approximate surface area is 162 Å². The van der Waals surface area contributed by atoms with Gasteiger partial charge in [0.15, 0.2) is 0 Å². The van der Waals surface area contributed by atoms with Crippen molar-refractivity contribution in [2.45, 2.75) is 69.9 Å². The van der Waals surface area contributed by atoms with Crippen LogP contribution in [0.15, 0.2) is 24.3 Å². The minimum absolute atomic E-state index is 0.0882. The summed E-state index contributed by atoms with van der Waals surface area (Å²) >= 11 is 0. The van der Waals surface area contributed by atoms with Gasteiger partial charge >= 0.3 is 6.18 Å². The first-order valence-electron chi connectivity index (χ1n) is 9.59. The Morgan fingerprint density at radius 3 is 2.29 bits per heavy atom. The fraction of sp³-hybridized carbons (Fsp3) is 0.600. The molecule has 2 amide bonds. The maximum Gasteiger partial charge on any atom is 0.416 e. The summed E-state index contributed by atoms with van der Waals surface area (Å²) in [6, 6.07) is 3.21. The minimum Gasteiger partial charge on any atom is -0.353 e. The van der Waals surface area contributed by atoms with E-state index in [4.69, 9.17) is 4.74 Å². The van der Waals surface area contributed by atoms with Crippen molar-refractivity contribution in [2.75, 3.05) is 6.61 Å². The van der Waals surface area contributed by atoms with E-state index < -0.39 is 29.4 Å². The second-order valence-electron chi connectivity index (χ2n) is 7.75. The molecule has 8 heteroatoms. The Kier molecular flexibility index (Phi) is 5.70. The maximum atomic E-state index is 13.3. The van der Waals surface area contributed by atoms with Gasteiger partial charge in [-0.2, -0.15) is 13.2 Å². The summed E-state index contributed by atoms with van der Waals surface area (Å²) in [6.07, 6.45) is -0.473. The molecule has 2 fully saturated rings. The molecule has 1 saturated carbocycles. The number of rotatable bonds is 3. The van der Waals surface area contributed by atoms with Gasteiger partial charge in [0.2, 0.25) is 5.91 Å². The number of amides is 2. The van der Waals surface area contributed by atoms with E-state index in [2.05, 4.69) is 5.32 Å². The molecular weight excluding hydrogens is 373 g/mol. The topological polar surface area (TPSA) is 58.6 Å². The molecule has 1 atom stereocenters. The molecule has 0 unspecified atom stereocenters.